The molecule has 0 aliphatic heterocycles. The highest BCUT2D eigenvalue weighted by Gasteiger charge is 2.17. The van der Waals surface area contributed by atoms with E-state index < -0.39 is 18.0 Å². The molecule has 0 saturated carbocycles. The van der Waals surface area contributed by atoms with Crippen molar-refractivity contribution in [2.24, 2.45) is 5.73 Å². The summed E-state index contributed by atoms with van der Waals surface area (Å²) in [6, 6.07) is -1.05. The Bertz CT molecular complexity index is 281. The van der Waals surface area contributed by atoms with Gasteiger partial charge < -0.3 is 15.6 Å². The number of unbranched alkanes of at least 4 members (excludes halogenated alkanes) is 9. The maximum absolute atomic E-state index is 11.3. The van der Waals surface area contributed by atoms with E-state index in [1.54, 1.807) is 0 Å². The fourth-order valence-corrected chi connectivity index (χ4v) is 2.14. The van der Waals surface area contributed by atoms with Gasteiger partial charge in [0.2, 0.25) is 0 Å². The normalized spacial score (nSPS) is 12.1. The van der Waals surface area contributed by atoms with Gasteiger partial charge in [-0.05, 0) is 6.42 Å². The van der Waals surface area contributed by atoms with Crippen LogP contribution in [0.1, 0.15) is 77.6 Å². The number of carbonyl (C=O) groups is 2. The first kappa shape index (κ1) is 19.9. The summed E-state index contributed by atoms with van der Waals surface area (Å²) in [6.45, 7) is 2.56. The van der Waals surface area contributed by atoms with Crippen LogP contribution in [-0.2, 0) is 14.3 Å². The lowest BCUT2D eigenvalue weighted by molar-refractivity contribution is -0.149. The quantitative estimate of drug-likeness (QED) is 0.380. The average molecular weight is 301 g/mol. The second-order valence-corrected chi connectivity index (χ2v) is 5.55. The molecule has 1 unspecified atom stereocenters. The van der Waals surface area contributed by atoms with Gasteiger partial charge in [0.05, 0.1) is 13.0 Å². The number of aliphatic carboxylic acids is 1. The van der Waals surface area contributed by atoms with Gasteiger partial charge in [-0.2, -0.15) is 0 Å². The summed E-state index contributed by atoms with van der Waals surface area (Å²) in [5, 5.41) is 8.51. The minimum absolute atomic E-state index is 0.336. The third-order valence-electron chi connectivity index (χ3n) is 3.44. The van der Waals surface area contributed by atoms with Crippen molar-refractivity contribution in [3.8, 4) is 0 Å². The molecule has 5 heteroatoms. The molecule has 3 N–H and O–H groups in total. The second-order valence-electron chi connectivity index (χ2n) is 5.55. The molecule has 0 saturated heterocycles. The Morgan fingerprint density at radius 1 is 0.952 bits per heavy atom. The Balaban J connectivity index is 3.28. The molecule has 124 valence electrons. The number of ether oxygens (including phenoxy) is 1. The summed E-state index contributed by atoms with van der Waals surface area (Å²) in [7, 11) is 0. The lowest BCUT2D eigenvalue weighted by Gasteiger charge is -2.09. The number of nitrogens with two attached hydrogens (primary N) is 1. The molecule has 0 fully saturated rings. The van der Waals surface area contributed by atoms with Gasteiger partial charge in [0, 0.05) is 0 Å². The van der Waals surface area contributed by atoms with Gasteiger partial charge in [0.1, 0.15) is 6.04 Å². The Kier molecular flexibility index (Phi) is 13.1. The molecule has 5 nitrogen and oxygen atoms in total. The summed E-state index contributed by atoms with van der Waals surface area (Å²) < 4.78 is 4.95. The Labute approximate surface area is 128 Å². The van der Waals surface area contributed by atoms with Crippen LogP contribution in [0.3, 0.4) is 0 Å². The number of hydrogen-bond acceptors (Lipinski definition) is 4. The van der Waals surface area contributed by atoms with Crippen molar-refractivity contribution >= 4 is 11.9 Å². The molecule has 0 amide bonds. The topological polar surface area (TPSA) is 89.6 Å². The smallest absolute Gasteiger partial charge is 0.323 e. The van der Waals surface area contributed by atoms with Crippen molar-refractivity contribution in [3.05, 3.63) is 0 Å². The summed E-state index contributed by atoms with van der Waals surface area (Å²) in [5.41, 5.74) is 5.39. The van der Waals surface area contributed by atoms with E-state index in [2.05, 4.69) is 6.92 Å². The second kappa shape index (κ2) is 13.9. The zero-order valence-corrected chi connectivity index (χ0v) is 13.3. The minimum atomic E-state index is -1.08. The summed E-state index contributed by atoms with van der Waals surface area (Å²) in [5.74, 6) is -1.70. The molecule has 21 heavy (non-hydrogen) atoms. The van der Waals surface area contributed by atoms with Crippen molar-refractivity contribution in [2.75, 3.05) is 6.61 Å². The standard InChI is InChI=1S/C16H31NO4/c1-2-3-4-5-6-7-8-9-10-11-12-21-16(20)14(17)13-15(18)19/h14H,2-13,17H2,1H3,(H,18,19). The van der Waals surface area contributed by atoms with Crippen molar-refractivity contribution in [3.63, 3.8) is 0 Å². The van der Waals surface area contributed by atoms with Gasteiger partial charge in [-0.15, -0.1) is 0 Å². The molecule has 0 rings (SSSR count). The maximum atomic E-state index is 11.3. The largest absolute Gasteiger partial charge is 0.481 e. The van der Waals surface area contributed by atoms with Gasteiger partial charge in [-0.3, -0.25) is 9.59 Å². The monoisotopic (exact) mass is 301 g/mol. The predicted molar refractivity (Wildman–Crippen MR) is 83.0 cm³/mol. The number of hydrogen-bond donors (Lipinski definition) is 2. The first-order valence-corrected chi connectivity index (χ1v) is 8.22. The lowest BCUT2D eigenvalue weighted by Crippen LogP contribution is -2.34. The van der Waals surface area contributed by atoms with Crippen molar-refractivity contribution in [2.45, 2.75) is 83.6 Å². The van der Waals surface area contributed by atoms with Crippen LogP contribution in [0.25, 0.3) is 0 Å². The Hall–Kier alpha value is -1.10. The molecule has 1 atom stereocenters. The zero-order valence-electron chi connectivity index (χ0n) is 13.3. The molecule has 0 aliphatic carbocycles. The van der Waals surface area contributed by atoms with E-state index >= 15 is 0 Å². The predicted octanol–water partition coefficient (Wildman–Crippen LogP) is 3.25. The van der Waals surface area contributed by atoms with Gasteiger partial charge in [-0.1, -0.05) is 64.7 Å². The van der Waals surface area contributed by atoms with Gasteiger partial charge >= 0.3 is 11.9 Å². The molecular formula is C16H31NO4. The number of rotatable bonds is 14. The highest BCUT2D eigenvalue weighted by atomic mass is 16.5. The van der Waals surface area contributed by atoms with E-state index in [1.165, 1.54) is 44.9 Å². The molecule has 0 radical (unpaired) electrons. The van der Waals surface area contributed by atoms with Crippen molar-refractivity contribution in [1.29, 1.82) is 0 Å². The Morgan fingerprint density at radius 2 is 1.43 bits per heavy atom. The third kappa shape index (κ3) is 13.6. The lowest BCUT2D eigenvalue weighted by atomic mass is 10.1. The van der Waals surface area contributed by atoms with Crippen LogP contribution < -0.4 is 5.73 Å². The molecule has 0 aromatic carbocycles. The van der Waals surface area contributed by atoms with Crippen LogP contribution in [0.4, 0.5) is 0 Å². The van der Waals surface area contributed by atoms with Crippen LogP contribution in [0.5, 0.6) is 0 Å². The van der Waals surface area contributed by atoms with E-state index in [0.717, 1.165) is 19.3 Å². The van der Waals surface area contributed by atoms with Crippen molar-refractivity contribution < 1.29 is 19.4 Å². The SMILES string of the molecule is CCCCCCCCCCCCOC(=O)C(N)CC(=O)O. The third-order valence-corrected chi connectivity index (χ3v) is 3.44. The number of carboxylic acid groups (broad SMARTS) is 1. The molecule has 0 aliphatic rings. The van der Waals surface area contributed by atoms with Crippen molar-refractivity contribution in [1.82, 2.24) is 0 Å². The van der Waals surface area contributed by atoms with Crippen LogP contribution in [0, 0.1) is 0 Å². The average Bonchev–Trinajstić information content (AvgIpc) is 2.43. The summed E-state index contributed by atoms with van der Waals surface area (Å²) in [4.78, 5) is 21.7. The highest BCUT2D eigenvalue weighted by Crippen LogP contribution is 2.10. The van der Waals surface area contributed by atoms with Gasteiger partial charge in [-0.25, -0.2) is 0 Å². The molecular weight excluding hydrogens is 270 g/mol. The molecule has 0 aromatic heterocycles. The van der Waals surface area contributed by atoms with Crippen LogP contribution in [-0.4, -0.2) is 29.7 Å². The van der Waals surface area contributed by atoms with Crippen LogP contribution in [0.15, 0.2) is 0 Å². The van der Waals surface area contributed by atoms with E-state index in [9.17, 15) is 9.59 Å². The zero-order chi connectivity index (χ0) is 15.9. The molecule has 0 spiro atoms. The number of carbonyl (C=O) groups excluding carboxylic acids is 1. The van der Waals surface area contributed by atoms with Crippen LogP contribution in [0.2, 0.25) is 0 Å². The van der Waals surface area contributed by atoms with Crippen LogP contribution >= 0.6 is 0 Å². The van der Waals surface area contributed by atoms with E-state index in [4.69, 9.17) is 15.6 Å². The van der Waals surface area contributed by atoms with E-state index in [-0.39, 0.29) is 6.42 Å². The molecule has 0 heterocycles. The maximum Gasteiger partial charge on any atom is 0.323 e. The summed E-state index contributed by atoms with van der Waals surface area (Å²) in [6.07, 6.45) is 11.8. The summed E-state index contributed by atoms with van der Waals surface area (Å²) >= 11 is 0. The van der Waals surface area contributed by atoms with E-state index in [0.29, 0.717) is 6.61 Å². The van der Waals surface area contributed by atoms with E-state index in [1.807, 2.05) is 0 Å². The number of esters is 1. The highest BCUT2D eigenvalue weighted by molar-refractivity contribution is 5.81. The Morgan fingerprint density at radius 3 is 1.90 bits per heavy atom. The minimum Gasteiger partial charge on any atom is -0.481 e. The first-order valence-electron chi connectivity index (χ1n) is 8.22. The number of carboxylic acids is 1. The molecule has 0 aromatic rings. The van der Waals surface area contributed by atoms with Gasteiger partial charge in [0.15, 0.2) is 0 Å². The fourth-order valence-electron chi connectivity index (χ4n) is 2.14. The first-order chi connectivity index (χ1) is 10.1. The van der Waals surface area contributed by atoms with Gasteiger partial charge in [0.25, 0.3) is 0 Å². The molecule has 0 bridgehead atoms. The fraction of sp³-hybridized carbons (Fsp3) is 0.875.